The maximum atomic E-state index is 5.40. The van der Waals surface area contributed by atoms with Crippen LogP contribution in [-0.2, 0) is 25.8 Å². The van der Waals surface area contributed by atoms with Crippen LogP contribution in [0, 0.1) is 0 Å². The molecule has 0 radical (unpaired) electrons. The van der Waals surface area contributed by atoms with Crippen LogP contribution >= 0.6 is 24.0 Å². The van der Waals surface area contributed by atoms with Gasteiger partial charge in [-0.3, -0.25) is 4.99 Å². The SMILES string of the molecule is CCc1noc(CC)c1CNC(=NC)NCCc1ccccc1OC.I. The number of halogens is 1. The number of ether oxygens (including phenoxy) is 1. The smallest absolute Gasteiger partial charge is 0.191 e. The van der Waals surface area contributed by atoms with Crippen LogP contribution in [0.4, 0.5) is 0 Å². The van der Waals surface area contributed by atoms with E-state index in [0.717, 1.165) is 54.5 Å². The van der Waals surface area contributed by atoms with Crippen molar-refractivity contribution in [2.24, 2.45) is 4.99 Å². The minimum absolute atomic E-state index is 0. The molecule has 0 unspecified atom stereocenters. The number of nitrogens with zero attached hydrogens (tertiary/aromatic N) is 2. The molecule has 1 aromatic carbocycles. The highest BCUT2D eigenvalue weighted by atomic mass is 127. The molecule has 1 aromatic heterocycles. The zero-order valence-corrected chi connectivity index (χ0v) is 18.3. The van der Waals surface area contributed by atoms with E-state index in [1.54, 1.807) is 14.2 Å². The van der Waals surface area contributed by atoms with E-state index in [2.05, 4.69) is 40.7 Å². The van der Waals surface area contributed by atoms with Gasteiger partial charge >= 0.3 is 0 Å². The first-order chi connectivity index (χ1) is 12.2. The topological polar surface area (TPSA) is 71.7 Å². The van der Waals surface area contributed by atoms with E-state index < -0.39 is 0 Å². The minimum Gasteiger partial charge on any atom is -0.496 e. The number of hydrogen-bond acceptors (Lipinski definition) is 4. The Labute approximate surface area is 172 Å². The lowest BCUT2D eigenvalue weighted by atomic mass is 10.1. The van der Waals surface area contributed by atoms with Gasteiger partial charge in [0.05, 0.1) is 12.8 Å². The van der Waals surface area contributed by atoms with Crippen LogP contribution in [0.5, 0.6) is 5.75 Å². The molecule has 2 N–H and O–H groups in total. The fraction of sp³-hybridized carbons (Fsp3) is 0.474. The Balaban J connectivity index is 0.00000338. The highest BCUT2D eigenvalue weighted by Gasteiger charge is 2.13. The van der Waals surface area contributed by atoms with Crippen LogP contribution in [-0.4, -0.2) is 31.8 Å². The molecule has 0 aliphatic rings. The van der Waals surface area contributed by atoms with E-state index in [9.17, 15) is 0 Å². The summed E-state index contributed by atoms with van der Waals surface area (Å²) in [7, 11) is 3.47. The second kappa shape index (κ2) is 11.8. The number of hydrogen-bond donors (Lipinski definition) is 2. The molecule has 1 heterocycles. The Hall–Kier alpha value is -1.77. The van der Waals surface area contributed by atoms with Crippen molar-refractivity contribution in [3.8, 4) is 5.75 Å². The first-order valence-electron chi connectivity index (χ1n) is 8.76. The summed E-state index contributed by atoms with van der Waals surface area (Å²) in [5.41, 5.74) is 3.32. The normalized spacial score (nSPS) is 11.0. The Morgan fingerprint density at radius 2 is 1.96 bits per heavy atom. The number of rotatable bonds is 8. The number of methoxy groups -OCH3 is 1. The molecule has 0 fully saturated rings. The largest absolute Gasteiger partial charge is 0.496 e. The second-order valence-electron chi connectivity index (χ2n) is 5.65. The van der Waals surface area contributed by atoms with Crippen molar-refractivity contribution in [3.05, 3.63) is 46.8 Å². The van der Waals surface area contributed by atoms with Crippen LogP contribution in [0.15, 0.2) is 33.8 Å². The first-order valence-corrected chi connectivity index (χ1v) is 8.76. The van der Waals surface area contributed by atoms with Gasteiger partial charge in [0.2, 0.25) is 0 Å². The van der Waals surface area contributed by atoms with Crippen molar-refractivity contribution in [2.75, 3.05) is 20.7 Å². The summed E-state index contributed by atoms with van der Waals surface area (Å²) in [5, 5.41) is 10.8. The van der Waals surface area contributed by atoms with Crippen molar-refractivity contribution in [1.82, 2.24) is 15.8 Å². The summed E-state index contributed by atoms with van der Waals surface area (Å²) in [6.45, 7) is 5.58. The summed E-state index contributed by atoms with van der Waals surface area (Å²) in [6.07, 6.45) is 2.56. The Kier molecular flexibility index (Phi) is 10.1. The molecule has 0 saturated heterocycles. The standard InChI is InChI=1S/C19H28N4O2.HI/c1-5-16-15(17(6-2)25-23-16)13-22-19(20-3)21-12-11-14-9-7-8-10-18(14)24-4;/h7-10H,5-6,11-13H2,1-4H3,(H2,20,21,22);1H. The molecule has 6 nitrogen and oxygen atoms in total. The van der Waals surface area contributed by atoms with Gasteiger partial charge in [0.25, 0.3) is 0 Å². The summed E-state index contributed by atoms with van der Waals surface area (Å²) in [5.74, 6) is 2.62. The first kappa shape index (κ1) is 22.3. The molecule has 0 bridgehead atoms. The van der Waals surface area contributed by atoms with E-state index in [0.29, 0.717) is 6.54 Å². The lowest BCUT2D eigenvalue weighted by molar-refractivity contribution is 0.380. The number of aryl methyl sites for hydroxylation is 2. The molecule has 2 aromatic rings. The number of guanidine groups is 1. The van der Waals surface area contributed by atoms with Crippen molar-refractivity contribution in [1.29, 1.82) is 0 Å². The van der Waals surface area contributed by atoms with E-state index >= 15 is 0 Å². The van der Waals surface area contributed by atoms with Crippen molar-refractivity contribution >= 4 is 29.9 Å². The van der Waals surface area contributed by atoms with E-state index in [4.69, 9.17) is 9.26 Å². The van der Waals surface area contributed by atoms with Gasteiger partial charge in [-0.15, -0.1) is 24.0 Å². The zero-order valence-electron chi connectivity index (χ0n) is 16.0. The summed E-state index contributed by atoms with van der Waals surface area (Å²) in [6, 6.07) is 8.06. The molecular weight excluding hydrogens is 443 g/mol. The number of aliphatic imine (C=N–C) groups is 1. The molecule has 2 rings (SSSR count). The number of benzene rings is 1. The highest BCUT2D eigenvalue weighted by Crippen LogP contribution is 2.17. The fourth-order valence-electron chi connectivity index (χ4n) is 2.76. The van der Waals surface area contributed by atoms with Crippen LogP contribution in [0.1, 0.15) is 36.4 Å². The van der Waals surface area contributed by atoms with E-state index in [1.165, 1.54) is 5.56 Å². The Morgan fingerprint density at radius 3 is 2.62 bits per heavy atom. The molecule has 0 atom stereocenters. The third-order valence-electron chi connectivity index (χ3n) is 4.14. The molecule has 144 valence electrons. The van der Waals surface area contributed by atoms with E-state index in [1.807, 2.05) is 18.2 Å². The number of para-hydroxylation sites is 1. The van der Waals surface area contributed by atoms with Crippen LogP contribution in [0.3, 0.4) is 0 Å². The van der Waals surface area contributed by atoms with Crippen LogP contribution < -0.4 is 15.4 Å². The summed E-state index contributed by atoms with van der Waals surface area (Å²) < 4.78 is 10.8. The third-order valence-corrected chi connectivity index (χ3v) is 4.14. The van der Waals surface area contributed by atoms with Gasteiger partial charge in [-0.1, -0.05) is 37.2 Å². The van der Waals surface area contributed by atoms with E-state index in [-0.39, 0.29) is 24.0 Å². The molecule has 0 amide bonds. The Bertz CT molecular complexity index is 679. The molecule has 0 aliphatic heterocycles. The molecule has 26 heavy (non-hydrogen) atoms. The maximum absolute atomic E-state index is 5.40. The maximum Gasteiger partial charge on any atom is 0.191 e. The average molecular weight is 472 g/mol. The fourth-order valence-corrected chi connectivity index (χ4v) is 2.76. The highest BCUT2D eigenvalue weighted by molar-refractivity contribution is 14.0. The second-order valence-corrected chi connectivity index (χ2v) is 5.65. The monoisotopic (exact) mass is 472 g/mol. The van der Waals surface area contributed by atoms with Crippen molar-refractivity contribution in [2.45, 2.75) is 39.7 Å². The molecule has 7 heteroatoms. The van der Waals surface area contributed by atoms with Crippen LogP contribution in [0.25, 0.3) is 0 Å². The molecule has 0 saturated carbocycles. The van der Waals surface area contributed by atoms with Crippen molar-refractivity contribution in [3.63, 3.8) is 0 Å². The minimum atomic E-state index is 0. The molecular formula is C19H29IN4O2. The van der Waals surface area contributed by atoms with Crippen LogP contribution in [0.2, 0.25) is 0 Å². The number of nitrogens with one attached hydrogen (secondary N) is 2. The zero-order chi connectivity index (χ0) is 18.1. The van der Waals surface area contributed by atoms with Gasteiger partial charge in [0, 0.05) is 32.1 Å². The van der Waals surface area contributed by atoms with Gasteiger partial charge in [0.1, 0.15) is 11.5 Å². The van der Waals surface area contributed by atoms with Gasteiger partial charge in [-0.2, -0.15) is 0 Å². The van der Waals surface area contributed by atoms with Gasteiger partial charge < -0.3 is 19.9 Å². The Morgan fingerprint density at radius 1 is 1.19 bits per heavy atom. The summed E-state index contributed by atoms with van der Waals surface area (Å²) in [4.78, 5) is 4.28. The van der Waals surface area contributed by atoms with Crippen molar-refractivity contribution < 1.29 is 9.26 Å². The lowest BCUT2D eigenvalue weighted by Crippen LogP contribution is -2.38. The quantitative estimate of drug-likeness (QED) is 0.351. The number of aromatic nitrogens is 1. The predicted octanol–water partition coefficient (Wildman–Crippen LogP) is 3.33. The van der Waals surface area contributed by atoms with Gasteiger partial charge in [-0.25, -0.2) is 0 Å². The average Bonchev–Trinajstić information content (AvgIpc) is 3.06. The third kappa shape index (κ3) is 5.89. The molecule has 0 aliphatic carbocycles. The van der Waals surface area contributed by atoms with Gasteiger partial charge in [0.15, 0.2) is 5.96 Å². The predicted molar refractivity (Wildman–Crippen MR) is 116 cm³/mol. The molecule has 0 spiro atoms. The van der Waals surface area contributed by atoms with Gasteiger partial charge in [-0.05, 0) is 24.5 Å². The summed E-state index contributed by atoms with van der Waals surface area (Å²) >= 11 is 0. The lowest BCUT2D eigenvalue weighted by Gasteiger charge is -2.13.